The maximum atomic E-state index is 11.4. The number of nitro groups is 2. The molecule has 35 heavy (non-hydrogen) atoms. The maximum Gasteiger partial charge on any atom is 0.272 e. The molecule has 0 saturated heterocycles. The van der Waals surface area contributed by atoms with E-state index in [9.17, 15) is 20.2 Å². The molecule has 0 heterocycles. The molecule has 4 aromatic rings. The molecule has 176 valence electrons. The molecule has 0 spiro atoms. The Bertz CT molecular complexity index is 1310. The summed E-state index contributed by atoms with van der Waals surface area (Å²) in [5, 5.41) is 22.8. The topological polar surface area (TPSA) is 95.5 Å². The van der Waals surface area contributed by atoms with Gasteiger partial charge in [-0.3, -0.25) is 20.2 Å². The molecule has 0 saturated carbocycles. The Morgan fingerprint density at radius 3 is 1.34 bits per heavy atom. The lowest BCUT2D eigenvalue weighted by Gasteiger charge is -2.15. The highest BCUT2D eigenvalue weighted by molar-refractivity contribution is 5.75. The minimum atomic E-state index is -0.370. The number of hydrogen-bond acceptors (Lipinski definition) is 5. The van der Waals surface area contributed by atoms with Crippen molar-refractivity contribution in [3.8, 4) is 22.3 Å². The third-order valence-electron chi connectivity index (χ3n) is 6.13. The largest absolute Gasteiger partial charge is 0.372 e. The Labute approximate surface area is 202 Å². The molecule has 0 aromatic heterocycles. The van der Waals surface area contributed by atoms with Gasteiger partial charge in [-0.15, -0.1) is 0 Å². The molecular formula is C28H24N2O5. The molecule has 0 aliphatic rings. The predicted octanol–water partition coefficient (Wildman–Crippen LogP) is 7.17. The van der Waals surface area contributed by atoms with Crippen LogP contribution in [0.5, 0.6) is 0 Å². The van der Waals surface area contributed by atoms with Crippen molar-refractivity contribution in [1.29, 1.82) is 0 Å². The van der Waals surface area contributed by atoms with Gasteiger partial charge in [-0.05, 0) is 47.2 Å². The zero-order chi connectivity index (χ0) is 24.9. The van der Waals surface area contributed by atoms with Gasteiger partial charge in [-0.25, -0.2) is 0 Å². The summed E-state index contributed by atoms with van der Waals surface area (Å²) in [6.45, 7) is 4.12. The second kappa shape index (κ2) is 10.3. The van der Waals surface area contributed by atoms with Crippen molar-refractivity contribution in [2.24, 2.45) is 0 Å². The highest BCUT2D eigenvalue weighted by Crippen LogP contribution is 2.34. The molecule has 0 atom stereocenters. The van der Waals surface area contributed by atoms with Crippen LogP contribution in [0.25, 0.3) is 22.3 Å². The van der Waals surface area contributed by atoms with Crippen LogP contribution in [0.15, 0.2) is 84.9 Å². The number of rotatable bonds is 8. The fourth-order valence-electron chi connectivity index (χ4n) is 4.31. The standard InChI is InChI=1S/C28H24N2O5/c1-19-23(13-7-15-27(19)29(31)32)25-11-5-3-9-21(25)17-35-18-22-10-4-6-12-26(22)24-14-8-16-28(20(24)2)30(33)34/h3-16H,17-18H2,1-2H3. The van der Waals surface area contributed by atoms with E-state index in [0.717, 1.165) is 33.4 Å². The van der Waals surface area contributed by atoms with Crippen LogP contribution in [0, 0.1) is 34.1 Å². The zero-order valence-corrected chi connectivity index (χ0v) is 19.4. The molecule has 0 bridgehead atoms. The third-order valence-corrected chi connectivity index (χ3v) is 6.13. The molecule has 0 amide bonds. The average molecular weight is 469 g/mol. The Hall–Kier alpha value is -4.36. The van der Waals surface area contributed by atoms with Gasteiger partial charge in [-0.2, -0.15) is 0 Å². The lowest BCUT2D eigenvalue weighted by molar-refractivity contribution is -0.385. The maximum absolute atomic E-state index is 11.4. The van der Waals surface area contributed by atoms with Gasteiger partial charge in [-0.1, -0.05) is 72.8 Å². The van der Waals surface area contributed by atoms with E-state index in [1.54, 1.807) is 26.0 Å². The average Bonchev–Trinajstić information content (AvgIpc) is 2.85. The highest BCUT2D eigenvalue weighted by Gasteiger charge is 2.18. The fourth-order valence-corrected chi connectivity index (χ4v) is 4.31. The number of ether oxygens (including phenoxy) is 1. The van der Waals surface area contributed by atoms with E-state index < -0.39 is 0 Å². The normalized spacial score (nSPS) is 10.8. The summed E-state index contributed by atoms with van der Waals surface area (Å²) in [5.41, 5.74) is 6.58. The molecule has 0 N–H and O–H groups in total. The number of nitro benzene ring substituents is 2. The van der Waals surface area contributed by atoms with Crippen molar-refractivity contribution in [2.45, 2.75) is 27.1 Å². The van der Waals surface area contributed by atoms with E-state index in [0.29, 0.717) is 24.3 Å². The van der Waals surface area contributed by atoms with E-state index in [4.69, 9.17) is 4.74 Å². The van der Waals surface area contributed by atoms with Gasteiger partial charge in [0.25, 0.3) is 11.4 Å². The van der Waals surface area contributed by atoms with Crippen molar-refractivity contribution >= 4 is 11.4 Å². The second-order valence-corrected chi connectivity index (χ2v) is 8.22. The molecule has 0 aliphatic carbocycles. The SMILES string of the molecule is Cc1c(-c2ccccc2COCc2ccccc2-c2cccc([N+](=O)[O-])c2C)cccc1[N+](=O)[O-]. The molecule has 7 nitrogen and oxygen atoms in total. The summed E-state index contributed by atoms with van der Waals surface area (Å²) in [6, 6.07) is 25.5. The van der Waals surface area contributed by atoms with Crippen LogP contribution in [-0.4, -0.2) is 9.85 Å². The van der Waals surface area contributed by atoms with Crippen molar-refractivity contribution in [3.05, 3.63) is 127 Å². The minimum absolute atomic E-state index is 0.0828. The summed E-state index contributed by atoms with van der Waals surface area (Å²) in [4.78, 5) is 22.0. The summed E-state index contributed by atoms with van der Waals surface area (Å²) in [6.07, 6.45) is 0. The lowest BCUT2D eigenvalue weighted by atomic mass is 9.95. The number of nitrogens with zero attached hydrogens (tertiary/aromatic N) is 2. The fraction of sp³-hybridized carbons (Fsp3) is 0.143. The van der Waals surface area contributed by atoms with Crippen LogP contribution in [0.1, 0.15) is 22.3 Å². The van der Waals surface area contributed by atoms with Gasteiger partial charge in [0.15, 0.2) is 0 Å². The van der Waals surface area contributed by atoms with Crippen molar-refractivity contribution in [2.75, 3.05) is 0 Å². The van der Waals surface area contributed by atoms with Crippen molar-refractivity contribution in [3.63, 3.8) is 0 Å². The zero-order valence-electron chi connectivity index (χ0n) is 19.4. The van der Waals surface area contributed by atoms with Crippen LogP contribution in [0.2, 0.25) is 0 Å². The Morgan fingerprint density at radius 2 is 0.943 bits per heavy atom. The van der Waals surface area contributed by atoms with Gasteiger partial charge in [0.2, 0.25) is 0 Å². The van der Waals surface area contributed by atoms with E-state index in [-0.39, 0.29) is 21.2 Å². The summed E-state index contributed by atoms with van der Waals surface area (Å²) in [7, 11) is 0. The quantitative estimate of drug-likeness (QED) is 0.202. The summed E-state index contributed by atoms with van der Waals surface area (Å²) < 4.78 is 6.10. The van der Waals surface area contributed by atoms with Crippen molar-refractivity contribution in [1.82, 2.24) is 0 Å². The molecule has 0 radical (unpaired) electrons. The van der Waals surface area contributed by atoms with Gasteiger partial charge in [0.1, 0.15) is 0 Å². The Balaban J connectivity index is 1.60. The van der Waals surface area contributed by atoms with Crippen LogP contribution in [-0.2, 0) is 18.0 Å². The lowest BCUT2D eigenvalue weighted by Crippen LogP contribution is -2.00. The second-order valence-electron chi connectivity index (χ2n) is 8.22. The Morgan fingerprint density at radius 1 is 0.571 bits per heavy atom. The first-order valence-electron chi connectivity index (χ1n) is 11.1. The molecule has 4 rings (SSSR count). The molecule has 4 aromatic carbocycles. The summed E-state index contributed by atoms with van der Waals surface area (Å²) >= 11 is 0. The first kappa shape index (κ1) is 23.8. The van der Waals surface area contributed by atoms with Gasteiger partial charge in [0.05, 0.1) is 23.1 Å². The smallest absolute Gasteiger partial charge is 0.272 e. The van der Waals surface area contributed by atoms with E-state index >= 15 is 0 Å². The molecule has 7 heteroatoms. The molecular weight excluding hydrogens is 444 g/mol. The first-order chi connectivity index (χ1) is 16.9. The van der Waals surface area contributed by atoms with Crippen LogP contribution in [0.4, 0.5) is 11.4 Å². The minimum Gasteiger partial charge on any atom is -0.372 e. The van der Waals surface area contributed by atoms with Gasteiger partial charge in [0, 0.05) is 23.3 Å². The number of benzene rings is 4. The van der Waals surface area contributed by atoms with E-state index in [1.807, 2.05) is 60.7 Å². The third kappa shape index (κ3) is 4.95. The molecule has 0 fully saturated rings. The van der Waals surface area contributed by atoms with Crippen LogP contribution < -0.4 is 0 Å². The van der Waals surface area contributed by atoms with E-state index in [2.05, 4.69) is 0 Å². The Kier molecular flexibility index (Phi) is 6.98. The summed E-state index contributed by atoms with van der Waals surface area (Å²) in [5.74, 6) is 0. The monoisotopic (exact) mass is 468 g/mol. The predicted molar refractivity (Wildman–Crippen MR) is 135 cm³/mol. The number of hydrogen-bond donors (Lipinski definition) is 0. The molecule has 0 unspecified atom stereocenters. The van der Waals surface area contributed by atoms with Crippen LogP contribution in [0.3, 0.4) is 0 Å². The van der Waals surface area contributed by atoms with Gasteiger partial charge >= 0.3 is 0 Å². The van der Waals surface area contributed by atoms with Crippen molar-refractivity contribution < 1.29 is 14.6 Å². The highest BCUT2D eigenvalue weighted by atomic mass is 16.6. The molecule has 0 aliphatic heterocycles. The first-order valence-corrected chi connectivity index (χ1v) is 11.1. The van der Waals surface area contributed by atoms with Gasteiger partial charge < -0.3 is 4.74 Å². The van der Waals surface area contributed by atoms with Crippen LogP contribution >= 0.6 is 0 Å². The van der Waals surface area contributed by atoms with E-state index in [1.165, 1.54) is 12.1 Å².